The molecular weight excluding hydrogens is 338 g/mol. The molecule has 0 bridgehead atoms. The van der Waals surface area contributed by atoms with Gasteiger partial charge in [0.05, 0.1) is 11.4 Å². The van der Waals surface area contributed by atoms with Gasteiger partial charge in [0.25, 0.3) is 0 Å². The largest absolute Gasteiger partial charge is 0.297 e. The third-order valence-corrected chi connectivity index (χ3v) is 5.09. The quantitative estimate of drug-likeness (QED) is 0.788. The van der Waals surface area contributed by atoms with Crippen LogP contribution in [0.4, 0.5) is 5.82 Å². The predicted molar refractivity (Wildman–Crippen MR) is 88.7 cm³/mol. The van der Waals surface area contributed by atoms with Gasteiger partial charge in [0.1, 0.15) is 5.82 Å². The summed E-state index contributed by atoms with van der Waals surface area (Å²) in [5.41, 5.74) is 1.73. The Morgan fingerprint density at radius 2 is 2.00 bits per heavy atom. The van der Waals surface area contributed by atoms with Crippen molar-refractivity contribution in [1.29, 1.82) is 0 Å². The molecule has 1 saturated heterocycles. The minimum atomic E-state index is -3.61. The van der Waals surface area contributed by atoms with E-state index >= 15 is 0 Å². The minimum absolute atomic E-state index is 0.113. The monoisotopic (exact) mass is 353 g/mol. The van der Waals surface area contributed by atoms with Crippen LogP contribution in [0.5, 0.6) is 0 Å². The summed E-state index contributed by atoms with van der Waals surface area (Å²) in [6.45, 7) is 0.332. The topological polar surface area (TPSA) is 72.3 Å². The van der Waals surface area contributed by atoms with Gasteiger partial charge >= 0.3 is 0 Å². The van der Waals surface area contributed by atoms with Crippen molar-refractivity contribution < 1.29 is 13.2 Å². The van der Waals surface area contributed by atoms with Gasteiger partial charge in [-0.1, -0.05) is 30.3 Å². The number of benzene rings is 1. The van der Waals surface area contributed by atoms with E-state index in [2.05, 4.69) is 5.10 Å². The summed E-state index contributed by atoms with van der Waals surface area (Å²) >= 11 is 0. The molecule has 3 rings (SSSR count). The molecule has 1 aromatic carbocycles. The fourth-order valence-electron chi connectivity index (χ4n) is 2.86. The third kappa shape index (κ3) is 3.56. The summed E-state index contributed by atoms with van der Waals surface area (Å²) in [4.78, 5) is 13.8. The molecule has 0 N–H and O–H groups in total. The molecule has 2 aromatic rings. The zero-order valence-corrected chi connectivity index (χ0v) is 14.1. The van der Waals surface area contributed by atoms with E-state index in [1.54, 1.807) is 16.6 Å². The Morgan fingerprint density at radius 3 is 2.65 bits per heavy atom. The van der Waals surface area contributed by atoms with Crippen molar-refractivity contribution in [2.24, 2.45) is 13.0 Å². The maximum absolute atomic E-state index is 12.2. The van der Waals surface area contributed by atoms with E-state index in [1.807, 2.05) is 36.4 Å². The average molecular weight is 354 g/mol. The van der Waals surface area contributed by atoms with Gasteiger partial charge in [0.15, 0.2) is 0 Å². The van der Waals surface area contributed by atoms with Crippen LogP contribution in [0, 0.1) is 5.92 Å². The Hall–Kier alpha value is -1.86. The van der Waals surface area contributed by atoms with E-state index in [4.69, 9.17) is 10.7 Å². The predicted octanol–water partition coefficient (Wildman–Crippen LogP) is 2.01. The van der Waals surface area contributed by atoms with Gasteiger partial charge in [-0.3, -0.25) is 14.4 Å². The van der Waals surface area contributed by atoms with Crippen molar-refractivity contribution >= 4 is 31.5 Å². The summed E-state index contributed by atoms with van der Waals surface area (Å²) in [5, 5.41) is 4.44. The van der Waals surface area contributed by atoms with Crippen LogP contribution in [-0.2, 0) is 20.9 Å². The number of anilines is 1. The summed E-state index contributed by atoms with van der Waals surface area (Å²) in [5.74, 6) is 0.0570. The van der Waals surface area contributed by atoms with Crippen molar-refractivity contribution in [3.8, 4) is 11.3 Å². The normalized spacial score (nSPS) is 18.6. The lowest BCUT2D eigenvalue weighted by Crippen LogP contribution is -2.27. The molecule has 0 radical (unpaired) electrons. The van der Waals surface area contributed by atoms with E-state index in [9.17, 15) is 13.2 Å². The molecule has 1 fully saturated rings. The molecule has 6 nitrogen and oxygen atoms in total. The van der Waals surface area contributed by atoms with Gasteiger partial charge in [-0.2, -0.15) is 5.10 Å². The van der Waals surface area contributed by atoms with Crippen LogP contribution >= 0.6 is 10.7 Å². The lowest BCUT2D eigenvalue weighted by Gasteiger charge is -2.15. The van der Waals surface area contributed by atoms with Crippen molar-refractivity contribution in [3.05, 3.63) is 36.4 Å². The van der Waals surface area contributed by atoms with Crippen LogP contribution in [0.25, 0.3) is 11.3 Å². The number of hydrogen-bond donors (Lipinski definition) is 0. The highest BCUT2D eigenvalue weighted by molar-refractivity contribution is 8.13. The maximum Gasteiger partial charge on any atom is 0.232 e. The molecule has 1 unspecified atom stereocenters. The highest BCUT2D eigenvalue weighted by Crippen LogP contribution is 2.29. The Morgan fingerprint density at radius 1 is 1.30 bits per heavy atom. The number of carbonyl (C=O) groups excluding carboxylic acids is 1. The van der Waals surface area contributed by atoms with E-state index in [0.29, 0.717) is 12.4 Å². The van der Waals surface area contributed by atoms with E-state index < -0.39 is 9.05 Å². The molecule has 8 heteroatoms. The van der Waals surface area contributed by atoms with E-state index in [-0.39, 0.29) is 24.0 Å². The highest BCUT2D eigenvalue weighted by atomic mass is 35.7. The number of hydrogen-bond acceptors (Lipinski definition) is 4. The molecule has 23 heavy (non-hydrogen) atoms. The number of amides is 1. The molecule has 0 saturated carbocycles. The lowest BCUT2D eigenvalue weighted by atomic mass is 10.1. The number of aryl methyl sites for hydroxylation is 1. The Labute approximate surface area is 139 Å². The molecule has 0 aliphatic carbocycles. The number of halogens is 1. The molecule has 0 spiro atoms. The van der Waals surface area contributed by atoms with Crippen molar-refractivity contribution in [3.63, 3.8) is 0 Å². The first-order valence-corrected chi connectivity index (χ1v) is 9.63. The number of rotatable bonds is 4. The van der Waals surface area contributed by atoms with Gasteiger partial charge in [0, 0.05) is 48.2 Å². The number of aromatic nitrogens is 2. The maximum atomic E-state index is 12.2. The zero-order chi connectivity index (χ0) is 16.6. The van der Waals surface area contributed by atoms with Crippen LogP contribution < -0.4 is 4.90 Å². The Bertz CT molecular complexity index is 833. The van der Waals surface area contributed by atoms with Gasteiger partial charge < -0.3 is 0 Å². The molecule has 1 aliphatic rings. The Kier molecular flexibility index (Phi) is 4.16. The molecule has 1 amide bonds. The summed E-state index contributed by atoms with van der Waals surface area (Å²) in [7, 11) is 3.45. The first-order valence-electron chi connectivity index (χ1n) is 7.15. The second-order valence-electron chi connectivity index (χ2n) is 5.66. The third-order valence-electron chi connectivity index (χ3n) is 3.84. The van der Waals surface area contributed by atoms with E-state index in [0.717, 1.165) is 11.3 Å². The van der Waals surface area contributed by atoms with Crippen LogP contribution in [0.1, 0.15) is 6.42 Å². The standard InChI is InChI=1S/C15H16ClN3O3S/c1-18-14(8-13(17-18)12-5-3-2-4-6-12)19-9-11(7-15(19)20)10-23(16,21)22/h2-6,8,11H,7,9-10H2,1H3. The van der Waals surface area contributed by atoms with Crippen LogP contribution in [-0.4, -0.2) is 36.4 Å². The number of nitrogens with zero attached hydrogens (tertiary/aromatic N) is 3. The average Bonchev–Trinajstić information content (AvgIpc) is 3.01. The van der Waals surface area contributed by atoms with E-state index in [1.165, 1.54) is 0 Å². The molecule has 1 aromatic heterocycles. The van der Waals surface area contributed by atoms with Crippen molar-refractivity contribution in [2.45, 2.75) is 6.42 Å². The first kappa shape index (κ1) is 16.0. The van der Waals surface area contributed by atoms with Crippen LogP contribution in [0.15, 0.2) is 36.4 Å². The molecular formula is C15H16ClN3O3S. The van der Waals surface area contributed by atoms with Crippen molar-refractivity contribution in [2.75, 3.05) is 17.2 Å². The molecule has 2 heterocycles. The SMILES string of the molecule is Cn1nc(-c2ccccc2)cc1N1CC(CS(=O)(=O)Cl)CC1=O. The summed E-state index contributed by atoms with van der Waals surface area (Å²) in [6.07, 6.45) is 0.178. The smallest absolute Gasteiger partial charge is 0.232 e. The zero-order valence-electron chi connectivity index (χ0n) is 12.5. The number of carbonyl (C=O) groups is 1. The molecule has 1 atom stereocenters. The first-order chi connectivity index (χ1) is 10.8. The van der Waals surface area contributed by atoms with Gasteiger partial charge in [0.2, 0.25) is 15.0 Å². The second-order valence-corrected chi connectivity index (χ2v) is 8.48. The highest BCUT2D eigenvalue weighted by Gasteiger charge is 2.34. The van der Waals surface area contributed by atoms with Gasteiger partial charge in [-0.15, -0.1) is 0 Å². The fourth-order valence-corrected chi connectivity index (χ4v) is 4.18. The molecule has 122 valence electrons. The lowest BCUT2D eigenvalue weighted by molar-refractivity contribution is -0.117. The van der Waals surface area contributed by atoms with Crippen LogP contribution in [0.3, 0.4) is 0 Å². The Balaban J connectivity index is 1.85. The van der Waals surface area contributed by atoms with Crippen molar-refractivity contribution in [1.82, 2.24) is 9.78 Å². The van der Waals surface area contributed by atoms with Crippen LogP contribution in [0.2, 0.25) is 0 Å². The van der Waals surface area contributed by atoms with Gasteiger partial charge in [-0.25, -0.2) is 8.42 Å². The summed E-state index contributed by atoms with van der Waals surface area (Å²) in [6, 6.07) is 11.5. The van der Waals surface area contributed by atoms with Gasteiger partial charge in [-0.05, 0) is 0 Å². The fraction of sp³-hybridized carbons (Fsp3) is 0.333. The second kappa shape index (κ2) is 5.98. The summed E-state index contributed by atoms with van der Waals surface area (Å²) < 4.78 is 24.1. The minimum Gasteiger partial charge on any atom is -0.297 e. The molecule has 1 aliphatic heterocycles.